The van der Waals surface area contributed by atoms with Crippen molar-refractivity contribution in [1.29, 1.82) is 0 Å². The van der Waals surface area contributed by atoms with Gasteiger partial charge in [0, 0.05) is 18.5 Å². The van der Waals surface area contributed by atoms with E-state index in [-0.39, 0.29) is 16.8 Å². The highest BCUT2D eigenvalue weighted by Gasteiger charge is 2.21. The number of fused-ring (bicyclic) bond motifs is 1. The minimum Gasteiger partial charge on any atom is -0.355 e. The Morgan fingerprint density at radius 3 is 2.75 bits per heavy atom. The Balaban J connectivity index is 2.05. The van der Waals surface area contributed by atoms with E-state index in [9.17, 15) is 8.42 Å². The fraction of sp³-hybridized carbons (Fsp3) is 0.385. The van der Waals surface area contributed by atoms with E-state index in [4.69, 9.17) is 11.6 Å². The number of para-hydroxylation sites is 1. The molecule has 0 saturated carbocycles. The molecule has 1 saturated heterocycles. The van der Waals surface area contributed by atoms with Crippen LogP contribution < -0.4 is 4.90 Å². The Morgan fingerprint density at radius 1 is 1.10 bits per heavy atom. The summed E-state index contributed by atoms with van der Waals surface area (Å²) in [6, 6.07) is 7.61. The van der Waals surface area contributed by atoms with Crippen LogP contribution in [0, 0.1) is 0 Å². The Morgan fingerprint density at radius 2 is 1.90 bits per heavy atom. The average molecular weight is 312 g/mol. The maximum atomic E-state index is 11.7. The van der Waals surface area contributed by atoms with Crippen molar-refractivity contribution in [3.05, 3.63) is 29.5 Å². The number of benzene rings is 1. The molecule has 0 amide bonds. The minimum absolute atomic E-state index is 0.156. The fourth-order valence-electron chi connectivity index (χ4n) is 2.42. The summed E-state index contributed by atoms with van der Waals surface area (Å²) >= 11 is 5.97. The van der Waals surface area contributed by atoms with Gasteiger partial charge in [-0.05, 0) is 30.2 Å². The molecule has 3 rings (SSSR count). The first-order chi connectivity index (χ1) is 9.55. The number of aromatic nitrogens is 2. The molecule has 106 valence electrons. The van der Waals surface area contributed by atoms with Crippen molar-refractivity contribution < 1.29 is 8.42 Å². The van der Waals surface area contributed by atoms with Gasteiger partial charge in [-0.2, -0.15) is 4.98 Å². The number of nitrogens with zero attached hydrogens (tertiary/aromatic N) is 3. The van der Waals surface area contributed by atoms with Gasteiger partial charge in [-0.3, -0.25) is 0 Å². The summed E-state index contributed by atoms with van der Waals surface area (Å²) in [5, 5.41) is 1.09. The molecule has 2 heterocycles. The van der Waals surface area contributed by atoms with Crippen LogP contribution >= 0.6 is 11.6 Å². The Bertz CT molecular complexity index is 748. The lowest BCUT2D eigenvalue weighted by Gasteiger charge is -2.22. The van der Waals surface area contributed by atoms with Crippen LogP contribution in [0.25, 0.3) is 10.9 Å². The largest absolute Gasteiger partial charge is 0.355 e. The molecule has 1 fully saturated rings. The van der Waals surface area contributed by atoms with Crippen molar-refractivity contribution in [2.24, 2.45) is 0 Å². The second-order valence-electron chi connectivity index (χ2n) is 4.83. The van der Waals surface area contributed by atoms with Crippen molar-refractivity contribution >= 4 is 38.2 Å². The lowest BCUT2D eigenvalue weighted by atomic mass is 10.2. The number of anilines is 1. The van der Waals surface area contributed by atoms with Gasteiger partial charge in [0.25, 0.3) is 0 Å². The van der Waals surface area contributed by atoms with Crippen LogP contribution in [0.15, 0.2) is 24.3 Å². The zero-order valence-corrected chi connectivity index (χ0v) is 12.4. The number of halogens is 1. The van der Waals surface area contributed by atoms with E-state index in [2.05, 4.69) is 9.97 Å². The van der Waals surface area contributed by atoms with Crippen molar-refractivity contribution in [2.75, 3.05) is 29.5 Å². The summed E-state index contributed by atoms with van der Waals surface area (Å²) in [5.74, 6) is 1.11. The average Bonchev–Trinajstić information content (AvgIpc) is 2.59. The van der Waals surface area contributed by atoms with Gasteiger partial charge in [0.2, 0.25) is 5.28 Å². The molecule has 1 aromatic heterocycles. The highest BCUT2D eigenvalue weighted by Crippen LogP contribution is 2.26. The second-order valence-corrected chi connectivity index (χ2v) is 7.47. The minimum atomic E-state index is -2.94. The lowest BCUT2D eigenvalue weighted by Crippen LogP contribution is -2.28. The van der Waals surface area contributed by atoms with Crippen LogP contribution in [-0.2, 0) is 9.84 Å². The first kappa shape index (κ1) is 13.6. The van der Waals surface area contributed by atoms with Gasteiger partial charge in [0.05, 0.1) is 17.0 Å². The zero-order chi connectivity index (χ0) is 14.2. The third kappa shape index (κ3) is 2.71. The molecular weight excluding hydrogens is 298 g/mol. The molecule has 0 radical (unpaired) electrons. The quantitative estimate of drug-likeness (QED) is 0.753. The molecule has 2 aromatic rings. The van der Waals surface area contributed by atoms with Crippen LogP contribution in [-0.4, -0.2) is 43.0 Å². The molecule has 1 aromatic carbocycles. The molecule has 1 aliphatic rings. The number of rotatable bonds is 1. The number of hydrogen-bond donors (Lipinski definition) is 0. The molecule has 0 atom stereocenters. The summed E-state index contributed by atoms with van der Waals surface area (Å²) in [4.78, 5) is 10.5. The van der Waals surface area contributed by atoms with Crippen molar-refractivity contribution in [3.8, 4) is 0 Å². The summed E-state index contributed by atoms with van der Waals surface area (Å²) in [7, 11) is -2.94. The second kappa shape index (κ2) is 5.18. The molecule has 7 heteroatoms. The molecule has 1 aliphatic heterocycles. The van der Waals surface area contributed by atoms with Crippen molar-refractivity contribution in [3.63, 3.8) is 0 Å². The van der Waals surface area contributed by atoms with Crippen molar-refractivity contribution in [2.45, 2.75) is 6.42 Å². The molecule has 0 bridgehead atoms. The van der Waals surface area contributed by atoms with E-state index in [1.807, 2.05) is 29.2 Å². The number of sulfone groups is 1. The molecule has 0 spiro atoms. The van der Waals surface area contributed by atoms with Crippen molar-refractivity contribution in [1.82, 2.24) is 9.97 Å². The Hall–Kier alpha value is -1.40. The van der Waals surface area contributed by atoms with Crippen LogP contribution in [0.2, 0.25) is 5.28 Å². The van der Waals surface area contributed by atoms with Crippen LogP contribution in [0.4, 0.5) is 5.82 Å². The van der Waals surface area contributed by atoms with Gasteiger partial charge in [-0.25, -0.2) is 13.4 Å². The third-order valence-corrected chi connectivity index (χ3v) is 5.30. The van der Waals surface area contributed by atoms with E-state index in [0.717, 1.165) is 16.7 Å². The molecule has 0 N–H and O–H groups in total. The summed E-state index contributed by atoms with van der Waals surface area (Å²) < 4.78 is 23.4. The Kier molecular flexibility index (Phi) is 3.52. The maximum absolute atomic E-state index is 11.7. The highest BCUT2D eigenvalue weighted by atomic mass is 35.5. The summed E-state index contributed by atoms with van der Waals surface area (Å²) in [6.45, 7) is 1.11. The summed E-state index contributed by atoms with van der Waals surface area (Å²) in [6.07, 6.45) is 0.609. The zero-order valence-electron chi connectivity index (χ0n) is 10.8. The van der Waals surface area contributed by atoms with E-state index < -0.39 is 9.84 Å². The smallest absolute Gasteiger partial charge is 0.224 e. The topological polar surface area (TPSA) is 63.2 Å². The van der Waals surface area contributed by atoms with Gasteiger partial charge >= 0.3 is 0 Å². The van der Waals surface area contributed by atoms with Crippen LogP contribution in [0.3, 0.4) is 0 Å². The standard InChI is InChI=1S/C13H14ClN3O2S/c14-13-15-11-5-2-1-4-10(11)12(16-13)17-6-3-8-20(18,19)9-7-17/h1-2,4-5H,3,6-9H2. The fourth-order valence-corrected chi connectivity index (χ4v) is 3.87. The van der Waals surface area contributed by atoms with Crippen LogP contribution in [0.1, 0.15) is 6.42 Å². The molecule has 0 unspecified atom stereocenters. The van der Waals surface area contributed by atoms with E-state index in [0.29, 0.717) is 19.5 Å². The predicted molar refractivity (Wildman–Crippen MR) is 80.0 cm³/mol. The summed E-state index contributed by atoms with van der Waals surface area (Å²) in [5.41, 5.74) is 0.773. The van der Waals surface area contributed by atoms with Gasteiger partial charge in [-0.15, -0.1) is 0 Å². The number of hydrogen-bond acceptors (Lipinski definition) is 5. The van der Waals surface area contributed by atoms with Gasteiger partial charge in [0.15, 0.2) is 9.84 Å². The van der Waals surface area contributed by atoms with Crippen LogP contribution in [0.5, 0.6) is 0 Å². The first-order valence-corrected chi connectivity index (χ1v) is 8.63. The van der Waals surface area contributed by atoms with E-state index >= 15 is 0 Å². The normalized spacial score (nSPS) is 18.9. The highest BCUT2D eigenvalue weighted by molar-refractivity contribution is 7.91. The molecular formula is C13H14ClN3O2S. The maximum Gasteiger partial charge on any atom is 0.224 e. The Labute approximate surface area is 122 Å². The predicted octanol–water partition coefficient (Wildman–Crippen LogP) is 1.91. The molecule has 20 heavy (non-hydrogen) atoms. The van der Waals surface area contributed by atoms with E-state index in [1.165, 1.54) is 0 Å². The van der Waals surface area contributed by atoms with Gasteiger partial charge < -0.3 is 4.90 Å². The van der Waals surface area contributed by atoms with Gasteiger partial charge in [0.1, 0.15) is 5.82 Å². The molecule has 0 aliphatic carbocycles. The lowest BCUT2D eigenvalue weighted by molar-refractivity contribution is 0.597. The first-order valence-electron chi connectivity index (χ1n) is 6.43. The third-order valence-electron chi connectivity index (χ3n) is 3.41. The van der Waals surface area contributed by atoms with E-state index in [1.54, 1.807) is 0 Å². The molecule has 5 nitrogen and oxygen atoms in total. The SMILES string of the molecule is O=S1(=O)CCCN(c2nc(Cl)nc3ccccc23)CC1. The van der Waals surface area contributed by atoms with Gasteiger partial charge in [-0.1, -0.05) is 12.1 Å². The monoisotopic (exact) mass is 311 g/mol.